The topological polar surface area (TPSA) is 26.0 Å². The molecule has 0 N–H and O–H groups in total. The Morgan fingerprint density at radius 3 is 2.53 bits per heavy atom. The zero-order valence-electron chi connectivity index (χ0n) is 21.2. The average molecular weight is 446 g/mol. The van der Waals surface area contributed by atoms with E-state index in [1.165, 1.54) is 25.7 Å². The van der Waals surface area contributed by atoms with Crippen LogP contribution in [0.1, 0.15) is 40.4 Å². The van der Waals surface area contributed by atoms with Gasteiger partial charge in [0.05, 0.1) is 5.69 Å². The summed E-state index contributed by atoms with van der Waals surface area (Å²) >= 11 is 0. The van der Waals surface area contributed by atoms with Crippen molar-refractivity contribution in [2.45, 2.75) is 38.5 Å². The SMILES string of the molecule is [2H]C([2H])(c1ccnc(-c2cccc3c2oc2cc(-c4ccccc4)ccc23)c1)C1CC2CCC1CC2. The minimum atomic E-state index is -1.35. The highest BCUT2D eigenvalue weighted by Gasteiger charge is 2.35. The number of hydrogen-bond donors (Lipinski definition) is 0. The Morgan fingerprint density at radius 2 is 1.71 bits per heavy atom. The molecule has 1 atom stereocenters. The lowest BCUT2D eigenvalue weighted by Crippen LogP contribution is -2.32. The monoisotopic (exact) mass is 445 g/mol. The van der Waals surface area contributed by atoms with Crippen LogP contribution in [0.25, 0.3) is 44.3 Å². The van der Waals surface area contributed by atoms with Crippen molar-refractivity contribution in [1.29, 1.82) is 0 Å². The van der Waals surface area contributed by atoms with Crippen LogP contribution in [-0.4, -0.2) is 4.98 Å². The molecule has 0 saturated heterocycles. The molecule has 2 heterocycles. The maximum atomic E-state index is 9.15. The third-order valence-electron chi connectivity index (χ3n) is 8.04. The molecule has 5 aromatic rings. The van der Waals surface area contributed by atoms with Crippen LogP contribution < -0.4 is 0 Å². The third-order valence-corrected chi connectivity index (χ3v) is 8.04. The van der Waals surface area contributed by atoms with Gasteiger partial charge in [-0.15, -0.1) is 0 Å². The average Bonchev–Trinajstić information content (AvgIpc) is 3.32. The van der Waals surface area contributed by atoms with Crippen molar-refractivity contribution >= 4 is 21.9 Å². The van der Waals surface area contributed by atoms with Crippen molar-refractivity contribution in [3.8, 4) is 22.4 Å². The van der Waals surface area contributed by atoms with Crippen molar-refractivity contribution < 1.29 is 7.16 Å². The van der Waals surface area contributed by atoms with Gasteiger partial charge in [-0.05, 0) is 90.4 Å². The lowest BCUT2D eigenvalue weighted by Gasteiger charge is -2.42. The highest BCUT2D eigenvalue weighted by atomic mass is 16.3. The first-order chi connectivity index (χ1) is 17.6. The summed E-state index contributed by atoms with van der Waals surface area (Å²) in [5.74, 6) is 1.29. The van der Waals surface area contributed by atoms with Gasteiger partial charge in [0.25, 0.3) is 0 Å². The highest BCUT2D eigenvalue weighted by Crippen LogP contribution is 2.46. The second-order valence-electron chi connectivity index (χ2n) is 10.1. The molecule has 3 aliphatic rings. The van der Waals surface area contributed by atoms with Crippen LogP contribution in [-0.2, 0) is 6.37 Å². The van der Waals surface area contributed by atoms with E-state index in [0.717, 1.165) is 56.3 Å². The Balaban J connectivity index is 1.30. The fraction of sp³-hybridized carbons (Fsp3) is 0.281. The number of para-hydroxylation sites is 1. The molecule has 0 amide bonds. The number of pyridine rings is 1. The van der Waals surface area contributed by atoms with Gasteiger partial charge in [-0.3, -0.25) is 4.98 Å². The predicted molar refractivity (Wildman–Crippen MR) is 140 cm³/mol. The van der Waals surface area contributed by atoms with Crippen molar-refractivity contribution in [2.24, 2.45) is 17.8 Å². The van der Waals surface area contributed by atoms with Crippen molar-refractivity contribution in [2.75, 3.05) is 0 Å². The molecule has 3 aliphatic carbocycles. The molecule has 0 aliphatic heterocycles. The van der Waals surface area contributed by atoms with Crippen LogP contribution in [0.4, 0.5) is 0 Å². The molecule has 34 heavy (non-hydrogen) atoms. The van der Waals surface area contributed by atoms with Crippen LogP contribution in [0.5, 0.6) is 0 Å². The third kappa shape index (κ3) is 3.44. The van der Waals surface area contributed by atoms with Gasteiger partial charge in [0.1, 0.15) is 11.2 Å². The van der Waals surface area contributed by atoms with Crippen molar-refractivity contribution in [3.05, 3.63) is 90.6 Å². The quantitative estimate of drug-likeness (QED) is 0.276. The van der Waals surface area contributed by atoms with E-state index in [9.17, 15) is 0 Å². The van der Waals surface area contributed by atoms with Crippen LogP contribution in [0, 0.1) is 17.8 Å². The summed E-state index contributed by atoms with van der Waals surface area (Å²) in [4.78, 5) is 4.68. The molecule has 3 fully saturated rings. The van der Waals surface area contributed by atoms with E-state index in [1.807, 2.05) is 42.5 Å². The summed E-state index contributed by atoms with van der Waals surface area (Å²) in [5, 5.41) is 2.14. The molecule has 0 radical (unpaired) electrons. The highest BCUT2D eigenvalue weighted by molar-refractivity contribution is 6.10. The Labute approximate surface area is 203 Å². The molecule has 2 nitrogen and oxygen atoms in total. The molecule has 2 aromatic heterocycles. The van der Waals surface area contributed by atoms with Gasteiger partial charge in [0, 0.05) is 25.3 Å². The van der Waals surface area contributed by atoms with Gasteiger partial charge in [-0.1, -0.05) is 61.4 Å². The number of rotatable bonds is 4. The molecule has 3 saturated carbocycles. The summed E-state index contributed by atoms with van der Waals surface area (Å²) in [6, 6.07) is 26.7. The summed E-state index contributed by atoms with van der Waals surface area (Å²) in [6.07, 6.45) is 6.33. The van der Waals surface area contributed by atoms with Gasteiger partial charge in [-0.2, -0.15) is 0 Å². The summed E-state index contributed by atoms with van der Waals surface area (Å²) < 4.78 is 24.7. The molecule has 168 valence electrons. The number of nitrogens with zero attached hydrogens (tertiary/aromatic N) is 1. The van der Waals surface area contributed by atoms with Crippen molar-refractivity contribution in [3.63, 3.8) is 0 Å². The number of aromatic nitrogens is 1. The molecule has 1 unspecified atom stereocenters. The van der Waals surface area contributed by atoms with Gasteiger partial charge >= 0.3 is 0 Å². The van der Waals surface area contributed by atoms with E-state index in [4.69, 9.17) is 7.16 Å². The summed E-state index contributed by atoms with van der Waals surface area (Å²) in [6.45, 7) is 0. The second-order valence-corrected chi connectivity index (χ2v) is 10.1. The maximum Gasteiger partial charge on any atom is 0.144 e. The van der Waals surface area contributed by atoms with Crippen molar-refractivity contribution in [1.82, 2.24) is 4.98 Å². The first-order valence-corrected chi connectivity index (χ1v) is 12.6. The fourth-order valence-corrected chi connectivity index (χ4v) is 6.25. The lowest BCUT2D eigenvalue weighted by atomic mass is 9.63. The fourth-order valence-electron chi connectivity index (χ4n) is 6.25. The maximum absolute atomic E-state index is 9.15. The largest absolute Gasteiger partial charge is 0.455 e. The summed E-state index contributed by atoms with van der Waals surface area (Å²) in [5.41, 5.74) is 6.36. The van der Waals surface area contributed by atoms with E-state index in [0.29, 0.717) is 11.8 Å². The van der Waals surface area contributed by atoms with Crippen LogP contribution in [0.15, 0.2) is 89.5 Å². The number of furan rings is 1. The molecular formula is C32H29NO. The number of hydrogen-bond acceptors (Lipinski definition) is 2. The summed E-state index contributed by atoms with van der Waals surface area (Å²) in [7, 11) is 0. The van der Waals surface area contributed by atoms with E-state index < -0.39 is 6.37 Å². The van der Waals surface area contributed by atoms with E-state index in [1.54, 1.807) is 6.20 Å². The van der Waals surface area contributed by atoms with Crippen LogP contribution in [0.2, 0.25) is 0 Å². The van der Waals surface area contributed by atoms with Crippen LogP contribution in [0.3, 0.4) is 0 Å². The lowest BCUT2D eigenvalue weighted by molar-refractivity contribution is 0.0991. The van der Waals surface area contributed by atoms with Crippen LogP contribution >= 0.6 is 0 Å². The molecule has 2 heteroatoms. The first kappa shape index (κ1) is 18.0. The minimum absolute atomic E-state index is 0.0960. The molecule has 0 spiro atoms. The smallest absolute Gasteiger partial charge is 0.144 e. The normalized spacial score (nSPS) is 23.2. The standard InChI is InChI=1S/C32H29NO/c1-2-5-23(6-3-1)25-13-14-27-28-7-4-8-29(32(28)34-31(27)20-25)30-19-22(15-16-33-30)18-26-17-21-9-11-24(26)12-10-21/h1-8,13-16,19-21,24,26H,9-12,17-18H2/i18D2. The minimum Gasteiger partial charge on any atom is -0.455 e. The first-order valence-electron chi connectivity index (χ1n) is 13.6. The van der Waals surface area contributed by atoms with Gasteiger partial charge in [0.2, 0.25) is 0 Å². The molecular weight excluding hydrogens is 414 g/mol. The van der Waals surface area contributed by atoms with Gasteiger partial charge in [-0.25, -0.2) is 0 Å². The Morgan fingerprint density at radius 1 is 0.824 bits per heavy atom. The zero-order chi connectivity index (χ0) is 24.3. The van der Waals surface area contributed by atoms with Gasteiger partial charge in [0.15, 0.2) is 0 Å². The molecule has 2 bridgehead atoms. The number of fused-ring (bicyclic) bond motifs is 6. The van der Waals surface area contributed by atoms with E-state index in [2.05, 4.69) is 41.4 Å². The number of benzene rings is 3. The predicted octanol–water partition coefficient (Wildman–Crippen LogP) is 8.68. The zero-order valence-corrected chi connectivity index (χ0v) is 19.2. The molecule has 8 rings (SSSR count). The Kier molecular flexibility index (Phi) is 4.30. The van der Waals surface area contributed by atoms with Gasteiger partial charge < -0.3 is 4.42 Å². The Hall–Kier alpha value is -3.39. The van der Waals surface area contributed by atoms with E-state index in [-0.39, 0.29) is 5.92 Å². The van der Waals surface area contributed by atoms with E-state index >= 15 is 0 Å². The second kappa shape index (κ2) is 8.13. The molecule has 3 aromatic carbocycles. The Bertz CT molecular complexity index is 1560.